The number of carboxylic acids is 1. The topological polar surface area (TPSA) is 105 Å². The highest BCUT2D eigenvalue weighted by atomic mass is 16.4. The highest BCUT2D eigenvalue weighted by molar-refractivity contribution is 5.76. The van der Waals surface area contributed by atoms with Gasteiger partial charge in [-0.3, -0.25) is 9.59 Å². The zero-order valence-electron chi connectivity index (χ0n) is 8.85. The number of hydrogen-bond acceptors (Lipinski definition) is 4. The van der Waals surface area contributed by atoms with E-state index in [1.54, 1.807) is 12.1 Å². The molecule has 6 nitrogen and oxygen atoms in total. The minimum atomic E-state index is -0.890. The summed E-state index contributed by atoms with van der Waals surface area (Å²) in [5, 5.41) is 25.2. The maximum atomic E-state index is 11.4. The second kappa shape index (κ2) is 8.25. The number of nitriles is 2. The monoisotopic (exact) mass is 223 g/mol. The first-order valence-corrected chi connectivity index (χ1v) is 4.85. The molecule has 0 rings (SSSR count). The number of unbranched alkanes of at least 4 members (excludes halogenated alkanes) is 1. The number of carbonyl (C=O) groups is 2. The highest BCUT2D eigenvalue weighted by Crippen LogP contribution is 2.03. The van der Waals surface area contributed by atoms with Gasteiger partial charge in [0.05, 0.1) is 12.1 Å². The van der Waals surface area contributed by atoms with Gasteiger partial charge in [-0.05, 0) is 12.8 Å². The molecular weight excluding hydrogens is 210 g/mol. The third kappa shape index (κ3) is 6.39. The molecule has 0 radical (unpaired) electrons. The molecule has 0 aliphatic heterocycles. The average Bonchev–Trinajstić information content (AvgIpc) is 2.23. The van der Waals surface area contributed by atoms with Crippen LogP contribution < -0.4 is 0 Å². The van der Waals surface area contributed by atoms with Crippen LogP contribution in [-0.2, 0) is 9.59 Å². The molecular formula is C10H13N3O3. The lowest BCUT2D eigenvalue weighted by atomic mass is 10.2. The zero-order chi connectivity index (χ0) is 12.4. The molecule has 0 saturated heterocycles. The summed E-state index contributed by atoms with van der Waals surface area (Å²) in [6.45, 7) is -0.212. The fourth-order valence-corrected chi connectivity index (χ4v) is 1.11. The molecule has 0 bridgehead atoms. The number of carboxylic acid groups (broad SMARTS) is 1. The van der Waals surface area contributed by atoms with Gasteiger partial charge in [-0.15, -0.1) is 0 Å². The summed E-state index contributed by atoms with van der Waals surface area (Å²) in [7, 11) is 0. The van der Waals surface area contributed by atoms with E-state index in [0.29, 0.717) is 12.8 Å². The smallest absolute Gasteiger partial charge is 0.303 e. The molecule has 0 aromatic carbocycles. The van der Waals surface area contributed by atoms with E-state index in [1.165, 1.54) is 0 Å². The quantitative estimate of drug-likeness (QED) is 0.500. The van der Waals surface area contributed by atoms with Crippen LogP contribution in [0.1, 0.15) is 25.7 Å². The van der Waals surface area contributed by atoms with Gasteiger partial charge in [-0.2, -0.15) is 10.5 Å². The van der Waals surface area contributed by atoms with Gasteiger partial charge in [-0.25, -0.2) is 0 Å². The second-order valence-electron chi connectivity index (χ2n) is 3.17. The van der Waals surface area contributed by atoms with Crippen molar-refractivity contribution in [1.29, 1.82) is 10.5 Å². The second-order valence-corrected chi connectivity index (χ2v) is 3.17. The third-order valence-corrected chi connectivity index (χ3v) is 1.91. The molecule has 1 N–H and O–H groups in total. The molecule has 0 spiro atoms. The molecule has 6 heteroatoms. The zero-order valence-corrected chi connectivity index (χ0v) is 8.85. The van der Waals surface area contributed by atoms with Gasteiger partial charge < -0.3 is 10.0 Å². The van der Waals surface area contributed by atoms with Gasteiger partial charge in [-0.1, -0.05) is 0 Å². The fourth-order valence-electron chi connectivity index (χ4n) is 1.11. The van der Waals surface area contributed by atoms with Gasteiger partial charge in [0.2, 0.25) is 5.91 Å². The molecule has 1 amide bonds. The molecule has 86 valence electrons. The Morgan fingerprint density at radius 1 is 1.06 bits per heavy atom. The van der Waals surface area contributed by atoms with E-state index in [9.17, 15) is 9.59 Å². The van der Waals surface area contributed by atoms with E-state index in [2.05, 4.69) is 0 Å². The highest BCUT2D eigenvalue weighted by Gasteiger charge is 2.12. The minimum Gasteiger partial charge on any atom is -0.481 e. The van der Waals surface area contributed by atoms with Gasteiger partial charge in [0, 0.05) is 12.8 Å². The molecule has 0 aliphatic carbocycles. The molecule has 0 aromatic rings. The minimum absolute atomic E-state index is 0.0315. The van der Waals surface area contributed by atoms with Crippen molar-refractivity contribution in [2.24, 2.45) is 0 Å². The summed E-state index contributed by atoms with van der Waals surface area (Å²) < 4.78 is 0. The lowest BCUT2D eigenvalue weighted by molar-refractivity contribution is -0.137. The third-order valence-electron chi connectivity index (χ3n) is 1.91. The van der Waals surface area contributed by atoms with Crippen LogP contribution in [0, 0.1) is 22.7 Å². The maximum Gasteiger partial charge on any atom is 0.303 e. The largest absolute Gasteiger partial charge is 0.481 e. The number of hydrogen-bond donors (Lipinski definition) is 1. The molecule has 0 unspecified atom stereocenters. The lowest BCUT2D eigenvalue weighted by Gasteiger charge is -2.15. The molecule has 16 heavy (non-hydrogen) atoms. The molecule has 0 atom stereocenters. The summed E-state index contributed by atoms with van der Waals surface area (Å²) in [6, 6.07) is 3.60. The number of rotatable bonds is 7. The normalized spacial score (nSPS) is 8.88. The van der Waals surface area contributed by atoms with Crippen molar-refractivity contribution in [2.45, 2.75) is 25.7 Å². The predicted octanol–water partition coefficient (Wildman–Crippen LogP) is 0.507. The van der Waals surface area contributed by atoms with Crippen molar-refractivity contribution in [3.8, 4) is 12.1 Å². The lowest BCUT2D eigenvalue weighted by Crippen LogP contribution is -2.31. The van der Waals surface area contributed by atoms with Gasteiger partial charge in [0.15, 0.2) is 0 Å². The maximum absolute atomic E-state index is 11.4. The Hall–Kier alpha value is -2.08. The fraction of sp³-hybridized carbons (Fsp3) is 0.600. The summed E-state index contributed by atoms with van der Waals surface area (Å²) in [6.07, 6.45) is 1.09. The van der Waals surface area contributed by atoms with Crippen molar-refractivity contribution >= 4 is 11.9 Å². The van der Waals surface area contributed by atoms with E-state index < -0.39 is 5.97 Å². The predicted molar refractivity (Wildman–Crippen MR) is 53.9 cm³/mol. The Labute approximate surface area is 93.7 Å². The van der Waals surface area contributed by atoms with Crippen LogP contribution in [0.4, 0.5) is 0 Å². The molecule has 0 fully saturated rings. The van der Waals surface area contributed by atoms with Crippen molar-refractivity contribution in [3.63, 3.8) is 0 Å². The van der Waals surface area contributed by atoms with Crippen LogP contribution in [0.15, 0.2) is 0 Å². The Balaban J connectivity index is 3.88. The van der Waals surface area contributed by atoms with Gasteiger partial charge in [0.25, 0.3) is 0 Å². The number of aliphatic carboxylic acids is 1. The average molecular weight is 223 g/mol. The first-order valence-electron chi connectivity index (χ1n) is 4.85. The number of carbonyl (C=O) groups excluding carboxylic acids is 1. The number of amides is 1. The number of nitrogens with zero attached hydrogens (tertiary/aromatic N) is 3. The van der Waals surface area contributed by atoms with Gasteiger partial charge >= 0.3 is 5.97 Å². The van der Waals surface area contributed by atoms with Crippen LogP contribution in [0.25, 0.3) is 0 Å². The van der Waals surface area contributed by atoms with E-state index in [0.717, 1.165) is 4.90 Å². The van der Waals surface area contributed by atoms with Crippen LogP contribution in [0.3, 0.4) is 0 Å². The molecule has 0 aromatic heterocycles. The van der Waals surface area contributed by atoms with E-state index >= 15 is 0 Å². The Morgan fingerprint density at radius 2 is 1.56 bits per heavy atom. The van der Waals surface area contributed by atoms with Crippen LogP contribution >= 0.6 is 0 Å². The van der Waals surface area contributed by atoms with E-state index in [-0.39, 0.29) is 31.8 Å². The molecule has 0 heterocycles. The Kier molecular flexibility index (Phi) is 7.17. The Bertz CT molecular complexity index is 311. The first kappa shape index (κ1) is 13.9. The van der Waals surface area contributed by atoms with Gasteiger partial charge in [0.1, 0.15) is 13.1 Å². The summed E-state index contributed by atoms with van der Waals surface area (Å²) in [5.41, 5.74) is 0. The van der Waals surface area contributed by atoms with Crippen LogP contribution in [0.5, 0.6) is 0 Å². The SMILES string of the molecule is N#CCN(CC#N)C(=O)CCCCC(=O)O. The van der Waals surface area contributed by atoms with Crippen molar-refractivity contribution in [3.05, 3.63) is 0 Å². The summed E-state index contributed by atoms with van der Waals surface area (Å²) >= 11 is 0. The molecule has 0 saturated carbocycles. The van der Waals surface area contributed by atoms with E-state index in [1.807, 2.05) is 0 Å². The van der Waals surface area contributed by atoms with Crippen molar-refractivity contribution < 1.29 is 14.7 Å². The first-order chi connectivity index (χ1) is 7.61. The summed E-state index contributed by atoms with van der Waals surface area (Å²) in [5.74, 6) is -1.17. The van der Waals surface area contributed by atoms with Crippen LogP contribution in [-0.4, -0.2) is 35.0 Å². The summed E-state index contributed by atoms with van der Waals surface area (Å²) in [4.78, 5) is 22.8. The van der Waals surface area contributed by atoms with Crippen molar-refractivity contribution in [2.75, 3.05) is 13.1 Å². The van der Waals surface area contributed by atoms with Crippen LogP contribution in [0.2, 0.25) is 0 Å². The van der Waals surface area contributed by atoms with E-state index in [4.69, 9.17) is 15.6 Å². The van der Waals surface area contributed by atoms with Crippen molar-refractivity contribution in [1.82, 2.24) is 4.90 Å². The molecule has 0 aliphatic rings. The standard InChI is InChI=1S/C10H13N3O3/c11-5-7-13(8-6-12)9(14)3-1-2-4-10(15)16/h1-4,7-8H2,(H,15,16). The Morgan fingerprint density at radius 3 is 2.00 bits per heavy atom.